The van der Waals surface area contributed by atoms with Gasteiger partial charge in [-0.1, -0.05) is 6.07 Å². The Balaban J connectivity index is 1.58. The van der Waals surface area contributed by atoms with Crippen molar-refractivity contribution in [3.8, 4) is 23.3 Å². The SMILES string of the molecule is COc1cc(C=CC(=O)Nc2ccc(Oc3ncccn3)cc2)ccc1OCC(N)=O. The van der Waals surface area contributed by atoms with Crippen molar-refractivity contribution >= 4 is 23.6 Å². The minimum absolute atomic E-state index is 0.240. The fraction of sp³-hybridized carbons (Fsp3) is 0.0909. The molecule has 2 amide bonds. The Morgan fingerprint density at radius 2 is 1.81 bits per heavy atom. The van der Waals surface area contributed by atoms with E-state index in [-0.39, 0.29) is 18.5 Å². The molecule has 0 aliphatic carbocycles. The van der Waals surface area contributed by atoms with Crippen molar-refractivity contribution in [2.75, 3.05) is 19.0 Å². The maximum Gasteiger partial charge on any atom is 0.321 e. The molecule has 0 aliphatic heterocycles. The number of amides is 2. The molecule has 3 aromatic rings. The average molecular weight is 420 g/mol. The number of methoxy groups -OCH3 is 1. The van der Waals surface area contributed by atoms with Gasteiger partial charge in [0.2, 0.25) is 5.91 Å². The number of hydrogen-bond acceptors (Lipinski definition) is 7. The Kier molecular flexibility index (Phi) is 7.15. The molecular formula is C22H20N4O5. The Hall–Kier alpha value is -4.40. The lowest BCUT2D eigenvalue weighted by Crippen LogP contribution is -2.20. The van der Waals surface area contributed by atoms with E-state index in [4.69, 9.17) is 19.9 Å². The van der Waals surface area contributed by atoms with E-state index in [1.165, 1.54) is 13.2 Å². The second kappa shape index (κ2) is 10.4. The van der Waals surface area contributed by atoms with Crippen LogP contribution in [0.2, 0.25) is 0 Å². The highest BCUT2D eigenvalue weighted by molar-refractivity contribution is 6.02. The molecule has 158 valence electrons. The zero-order valence-electron chi connectivity index (χ0n) is 16.6. The Bertz CT molecular complexity index is 1070. The van der Waals surface area contributed by atoms with Crippen LogP contribution < -0.4 is 25.3 Å². The van der Waals surface area contributed by atoms with E-state index in [2.05, 4.69) is 15.3 Å². The summed E-state index contributed by atoms with van der Waals surface area (Å²) >= 11 is 0. The van der Waals surface area contributed by atoms with Crippen molar-refractivity contribution in [2.24, 2.45) is 5.73 Å². The van der Waals surface area contributed by atoms with E-state index in [9.17, 15) is 9.59 Å². The Morgan fingerprint density at radius 1 is 1.06 bits per heavy atom. The van der Waals surface area contributed by atoms with Crippen LogP contribution >= 0.6 is 0 Å². The molecule has 9 nitrogen and oxygen atoms in total. The number of carbonyl (C=O) groups is 2. The van der Waals surface area contributed by atoms with E-state index in [0.29, 0.717) is 28.5 Å². The predicted octanol–water partition coefficient (Wildman–Crippen LogP) is 2.79. The lowest BCUT2D eigenvalue weighted by Gasteiger charge is -2.10. The van der Waals surface area contributed by atoms with E-state index in [0.717, 1.165) is 0 Å². The van der Waals surface area contributed by atoms with Crippen LogP contribution in [0.5, 0.6) is 23.3 Å². The number of nitrogens with one attached hydrogen (secondary N) is 1. The zero-order valence-corrected chi connectivity index (χ0v) is 16.6. The molecule has 3 rings (SSSR count). The summed E-state index contributed by atoms with van der Waals surface area (Å²) in [5.41, 5.74) is 6.39. The molecule has 0 spiro atoms. The topological polar surface area (TPSA) is 126 Å². The number of hydrogen-bond donors (Lipinski definition) is 2. The fourth-order valence-electron chi connectivity index (χ4n) is 2.46. The highest BCUT2D eigenvalue weighted by Crippen LogP contribution is 2.28. The molecule has 2 aromatic carbocycles. The number of nitrogens with zero attached hydrogens (tertiary/aromatic N) is 2. The van der Waals surface area contributed by atoms with Crippen LogP contribution in [0.4, 0.5) is 5.69 Å². The maximum atomic E-state index is 12.2. The molecule has 0 saturated heterocycles. The van der Waals surface area contributed by atoms with Crippen molar-refractivity contribution < 1.29 is 23.8 Å². The molecule has 0 saturated carbocycles. The third kappa shape index (κ3) is 6.57. The van der Waals surface area contributed by atoms with Crippen molar-refractivity contribution in [1.29, 1.82) is 0 Å². The average Bonchev–Trinajstić information content (AvgIpc) is 2.78. The number of benzene rings is 2. The first-order valence-corrected chi connectivity index (χ1v) is 9.16. The third-order valence-electron chi connectivity index (χ3n) is 3.86. The van der Waals surface area contributed by atoms with Crippen LogP contribution in [0, 0.1) is 0 Å². The van der Waals surface area contributed by atoms with Gasteiger partial charge in [-0.05, 0) is 54.1 Å². The molecule has 3 N–H and O–H groups in total. The number of aromatic nitrogens is 2. The number of primary amides is 1. The monoisotopic (exact) mass is 420 g/mol. The van der Waals surface area contributed by atoms with Crippen LogP contribution in [-0.4, -0.2) is 35.5 Å². The molecular weight excluding hydrogens is 400 g/mol. The summed E-state index contributed by atoms with van der Waals surface area (Å²) in [4.78, 5) is 31.0. The molecule has 1 aromatic heterocycles. The zero-order chi connectivity index (χ0) is 22.1. The van der Waals surface area contributed by atoms with E-state index in [1.807, 2.05) is 0 Å². The van der Waals surface area contributed by atoms with Gasteiger partial charge in [-0.3, -0.25) is 9.59 Å². The highest BCUT2D eigenvalue weighted by Gasteiger charge is 2.07. The number of rotatable bonds is 9. The van der Waals surface area contributed by atoms with E-state index in [1.54, 1.807) is 67.0 Å². The van der Waals surface area contributed by atoms with Gasteiger partial charge in [0.05, 0.1) is 7.11 Å². The van der Waals surface area contributed by atoms with Gasteiger partial charge >= 0.3 is 6.01 Å². The standard InChI is InChI=1S/C22H20N4O5/c1-29-19-13-15(3-9-18(19)30-14-20(23)27)4-10-21(28)26-16-5-7-17(8-6-16)31-22-24-11-2-12-25-22/h2-13H,14H2,1H3,(H2,23,27)(H,26,28). The minimum Gasteiger partial charge on any atom is -0.493 e. The first-order chi connectivity index (χ1) is 15.0. The van der Waals surface area contributed by atoms with Gasteiger partial charge in [0.25, 0.3) is 5.91 Å². The fourth-order valence-corrected chi connectivity index (χ4v) is 2.46. The van der Waals surface area contributed by atoms with E-state index < -0.39 is 5.91 Å². The van der Waals surface area contributed by atoms with Crippen molar-refractivity contribution in [1.82, 2.24) is 9.97 Å². The summed E-state index contributed by atoms with van der Waals surface area (Å²) in [7, 11) is 1.48. The summed E-state index contributed by atoms with van der Waals surface area (Å²) in [5.74, 6) is 0.446. The number of carbonyl (C=O) groups excluding carboxylic acids is 2. The van der Waals surface area contributed by atoms with Crippen LogP contribution in [0.3, 0.4) is 0 Å². The minimum atomic E-state index is -0.587. The summed E-state index contributed by atoms with van der Waals surface area (Å²) in [6, 6.07) is 13.8. The molecule has 0 radical (unpaired) electrons. The van der Waals surface area contributed by atoms with Crippen LogP contribution in [-0.2, 0) is 9.59 Å². The van der Waals surface area contributed by atoms with Gasteiger partial charge in [0.1, 0.15) is 5.75 Å². The Morgan fingerprint density at radius 3 is 2.48 bits per heavy atom. The van der Waals surface area contributed by atoms with Gasteiger partial charge in [-0.25, -0.2) is 9.97 Å². The summed E-state index contributed by atoms with van der Waals surface area (Å²) in [5, 5.41) is 2.76. The highest BCUT2D eigenvalue weighted by atomic mass is 16.5. The van der Waals surface area contributed by atoms with Gasteiger partial charge < -0.3 is 25.3 Å². The lowest BCUT2D eigenvalue weighted by molar-refractivity contribution is -0.120. The number of ether oxygens (including phenoxy) is 3. The maximum absolute atomic E-state index is 12.2. The van der Waals surface area contributed by atoms with Crippen LogP contribution in [0.15, 0.2) is 67.0 Å². The molecule has 0 unspecified atom stereocenters. The molecule has 31 heavy (non-hydrogen) atoms. The van der Waals surface area contributed by atoms with Gasteiger partial charge in [-0.15, -0.1) is 0 Å². The van der Waals surface area contributed by atoms with E-state index >= 15 is 0 Å². The molecule has 0 fully saturated rings. The number of nitrogens with two attached hydrogens (primary N) is 1. The third-order valence-corrected chi connectivity index (χ3v) is 3.86. The van der Waals surface area contributed by atoms with Gasteiger partial charge in [0, 0.05) is 24.2 Å². The Labute approximate surface area is 178 Å². The van der Waals surface area contributed by atoms with Crippen LogP contribution in [0.1, 0.15) is 5.56 Å². The normalized spacial score (nSPS) is 10.5. The second-order valence-electron chi connectivity index (χ2n) is 6.15. The van der Waals surface area contributed by atoms with Crippen molar-refractivity contribution in [3.05, 3.63) is 72.6 Å². The summed E-state index contributed by atoms with van der Waals surface area (Å²) < 4.78 is 16.0. The lowest BCUT2D eigenvalue weighted by atomic mass is 10.2. The predicted molar refractivity (Wildman–Crippen MR) is 114 cm³/mol. The molecule has 0 bridgehead atoms. The molecule has 1 heterocycles. The van der Waals surface area contributed by atoms with Crippen molar-refractivity contribution in [2.45, 2.75) is 0 Å². The van der Waals surface area contributed by atoms with Gasteiger partial charge in [-0.2, -0.15) is 0 Å². The van der Waals surface area contributed by atoms with Crippen molar-refractivity contribution in [3.63, 3.8) is 0 Å². The first kappa shape index (κ1) is 21.3. The second-order valence-corrected chi connectivity index (χ2v) is 6.15. The smallest absolute Gasteiger partial charge is 0.321 e. The molecule has 0 aliphatic rings. The summed E-state index contributed by atoms with van der Waals surface area (Å²) in [6.45, 7) is -0.254. The summed E-state index contributed by atoms with van der Waals surface area (Å²) in [6.07, 6.45) is 6.18. The first-order valence-electron chi connectivity index (χ1n) is 9.16. The molecule has 9 heteroatoms. The quantitative estimate of drug-likeness (QED) is 0.510. The largest absolute Gasteiger partial charge is 0.493 e. The van der Waals surface area contributed by atoms with Gasteiger partial charge in [0.15, 0.2) is 18.1 Å². The molecule has 0 atom stereocenters. The number of anilines is 1. The van der Waals surface area contributed by atoms with Crippen LogP contribution in [0.25, 0.3) is 6.08 Å².